The van der Waals surface area contributed by atoms with Crippen LogP contribution in [0.25, 0.3) is 131 Å². The Hall–Kier alpha value is -8.56. The monoisotopic (exact) mass is 882 g/mol. The van der Waals surface area contributed by atoms with E-state index in [1.54, 1.807) is 0 Å². The predicted octanol–water partition coefficient (Wildman–Crippen LogP) is 19.3. The minimum atomic E-state index is 0.903. The first-order valence-corrected chi connectivity index (χ1v) is 24.0. The van der Waals surface area contributed by atoms with E-state index in [1.807, 2.05) is 11.3 Å². The Kier molecular flexibility index (Phi) is 9.77. The standard InChI is InChI=1S/C66H42OS/c1-2-14-43(15-3-1)44-34-36-45(37-35-44)56-27-11-30-60-61-31-12-28-57(65(61)67-64(56)60)54-24-9-22-52(41-54)50-20-7-18-48(39-50)46-16-6-17-47(38-46)49-19-8-21-51(40-49)53-23-10-25-55(42-53)58-29-13-32-62-59-26-4-5-33-63(59)68-66(58)62/h1-42H. The van der Waals surface area contributed by atoms with Gasteiger partial charge in [0.2, 0.25) is 0 Å². The maximum atomic E-state index is 6.89. The molecular weight excluding hydrogens is 841 g/mol. The Bertz CT molecular complexity index is 4020. The molecule has 2 aromatic heterocycles. The summed E-state index contributed by atoms with van der Waals surface area (Å²) in [4.78, 5) is 0. The Balaban J connectivity index is 0.795. The number of hydrogen-bond donors (Lipinski definition) is 0. The van der Waals surface area contributed by atoms with Gasteiger partial charge in [-0.25, -0.2) is 0 Å². The Morgan fingerprint density at radius 3 is 1.09 bits per heavy atom. The van der Waals surface area contributed by atoms with Crippen LogP contribution in [0.15, 0.2) is 259 Å². The van der Waals surface area contributed by atoms with E-state index in [-0.39, 0.29) is 0 Å². The third-order valence-electron chi connectivity index (χ3n) is 13.5. The van der Waals surface area contributed by atoms with Crippen LogP contribution in [-0.4, -0.2) is 0 Å². The van der Waals surface area contributed by atoms with E-state index in [1.165, 1.54) is 81.4 Å². The minimum absolute atomic E-state index is 0.903. The molecule has 13 rings (SSSR count). The third kappa shape index (κ3) is 7.11. The summed E-state index contributed by atoms with van der Waals surface area (Å²) < 4.78 is 9.55. The summed E-state index contributed by atoms with van der Waals surface area (Å²) in [7, 11) is 0. The van der Waals surface area contributed by atoms with E-state index in [0.29, 0.717) is 0 Å². The van der Waals surface area contributed by atoms with Crippen LogP contribution in [-0.2, 0) is 0 Å². The molecule has 0 spiro atoms. The van der Waals surface area contributed by atoms with Crippen LogP contribution in [0.3, 0.4) is 0 Å². The molecule has 13 aromatic rings. The molecule has 0 aliphatic carbocycles. The van der Waals surface area contributed by atoms with Crippen LogP contribution >= 0.6 is 11.3 Å². The van der Waals surface area contributed by atoms with Gasteiger partial charge in [-0.2, -0.15) is 0 Å². The Morgan fingerprint density at radius 1 is 0.221 bits per heavy atom. The second-order valence-electron chi connectivity index (χ2n) is 17.6. The van der Waals surface area contributed by atoms with Crippen molar-refractivity contribution in [2.45, 2.75) is 0 Å². The smallest absolute Gasteiger partial charge is 0.143 e. The van der Waals surface area contributed by atoms with Crippen molar-refractivity contribution in [1.82, 2.24) is 0 Å². The van der Waals surface area contributed by atoms with Gasteiger partial charge in [0.1, 0.15) is 11.2 Å². The van der Waals surface area contributed by atoms with E-state index >= 15 is 0 Å². The van der Waals surface area contributed by atoms with Crippen LogP contribution in [0.2, 0.25) is 0 Å². The van der Waals surface area contributed by atoms with Gasteiger partial charge in [0.05, 0.1) is 0 Å². The molecule has 0 radical (unpaired) electrons. The molecule has 0 bridgehead atoms. The number of fused-ring (bicyclic) bond motifs is 6. The SMILES string of the molecule is c1ccc(-c2ccc(-c3cccc4c3oc3c(-c5cccc(-c6cccc(-c7cccc(-c8cccc(-c9cccc(-c%10cccc%11c%10sc%10ccccc%10%11)c9)c8)c7)c6)c5)cccc34)cc2)cc1. The molecule has 68 heavy (non-hydrogen) atoms. The molecular formula is C66H42OS. The lowest BCUT2D eigenvalue weighted by atomic mass is 9.93. The van der Waals surface area contributed by atoms with Crippen molar-refractivity contribution >= 4 is 53.4 Å². The van der Waals surface area contributed by atoms with E-state index in [9.17, 15) is 0 Å². The number of benzene rings is 11. The average molecular weight is 883 g/mol. The summed E-state index contributed by atoms with van der Waals surface area (Å²) in [6, 6.07) is 92.4. The molecule has 318 valence electrons. The van der Waals surface area contributed by atoms with Crippen molar-refractivity contribution in [2.75, 3.05) is 0 Å². The van der Waals surface area contributed by atoms with E-state index < -0.39 is 0 Å². The summed E-state index contributed by atoms with van der Waals surface area (Å²) in [5, 5.41) is 4.89. The van der Waals surface area contributed by atoms with E-state index in [4.69, 9.17) is 4.42 Å². The highest BCUT2D eigenvalue weighted by atomic mass is 32.1. The van der Waals surface area contributed by atoms with Crippen molar-refractivity contribution < 1.29 is 4.42 Å². The van der Waals surface area contributed by atoms with E-state index in [2.05, 4.69) is 255 Å². The van der Waals surface area contributed by atoms with Crippen molar-refractivity contribution in [3.05, 3.63) is 255 Å². The van der Waals surface area contributed by atoms with Gasteiger partial charge in [0.15, 0.2) is 0 Å². The third-order valence-corrected chi connectivity index (χ3v) is 14.7. The molecule has 0 aliphatic rings. The average Bonchev–Trinajstić information content (AvgIpc) is 4.01. The van der Waals surface area contributed by atoms with Crippen LogP contribution in [0.5, 0.6) is 0 Å². The number of furan rings is 1. The first kappa shape index (κ1) is 39.8. The maximum absolute atomic E-state index is 6.89. The first-order chi connectivity index (χ1) is 33.7. The lowest BCUT2D eigenvalue weighted by Gasteiger charge is -2.11. The van der Waals surface area contributed by atoms with Crippen LogP contribution < -0.4 is 0 Å². The molecule has 11 aromatic carbocycles. The van der Waals surface area contributed by atoms with Gasteiger partial charge in [-0.1, -0.05) is 218 Å². The van der Waals surface area contributed by atoms with Gasteiger partial charge in [0, 0.05) is 42.1 Å². The van der Waals surface area contributed by atoms with Crippen molar-refractivity contribution in [3.63, 3.8) is 0 Å². The molecule has 0 atom stereocenters. The molecule has 1 nitrogen and oxygen atoms in total. The number of thiophene rings is 1. The second-order valence-corrected chi connectivity index (χ2v) is 18.6. The molecule has 0 fully saturated rings. The van der Waals surface area contributed by atoms with E-state index in [0.717, 1.165) is 49.8 Å². The van der Waals surface area contributed by atoms with Crippen LogP contribution in [0, 0.1) is 0 Å². The fraction of sp³-hybridized carbons (Fsp3) is 0. The molecule has 0 saturated heterocycles. The molecule has 0 saturated carbocycles. The fourth-order valence-electron chi connectivity index (χ4n) is 10.1. The zero-order valence-electron chi connectivity index (χ0n) is 37.1. The predicted molar refractivity (Wildman–Crippen MR) is 290 cm³/mol. The highest BCUT2D eigenvalue weighted by Gasteiger charge is 2.17. The van der Waals surface area contributed by atoms with Crippen molar-refractivity contribution in [2.24, 2.45) is 0 Å². The van der Waals surface area contributed by atoms with Crippen LogP contribution in [0.4, 0.5) is 0 Å². The van der Waals surface area contributed by atoms with Gasteiger partial charge < -0.3 is 4.42 Å². The summed E-state index contributed by atoms with van der Waals surface area (Å²) in [5.74, 6) is 0. The molecule has 2 heteroatoms. The quantitative estimate of drug-likeness (QED) is 0.148. The second kappa shape index (κ2) is 16.7. The molecule has 2 heterocycles. The molecule has 0 aliphatic heterocycles. The first-order valence-electron chi connectivity index (χ1n) is 23.2. The highest BCUT2D eigenvalue weighted by Crippen LogP contribution is 2.43. The Labute approximate surface area is 399 Å². The number of para-hydroxylation sites is 2. The lowest BCUT2D eigenvalue weighted by molar-refractivity contribution is 0.671. The van der Waals surface area contributed by atoms with Crippen molar-refractivity contribution in [3.8, 4) is 89.0 Å². The highest BCUT2D eigenvalue weighted by molar-refractivity contribution is 7.26. The summed E-state index contributed by atoms with van der Waals surface area (Å²) in [6.07, 6.45) is 0. The summed E-state index contributed by atoms with van der Waals surface area (Å²) in [5.41, 5.74) is 20.6. The zero-order chi connectivity index (χ0) is 45.0. The maximum Gasteiger partial charge on any atom is 0.143 e. The van der Waals surface area contributed by atoms with Gasteiger partial charge in [-0.15, -0.1) is 11.3 Å². The minimum Gasteiger partial charge on any atom is -0.455 e. The van der Waals surface area contributed by atoms with Gasteiger partial charge in [-0.05, 0) is 114 Å². The van der Waals surface area contributed by atoms with Crippen LogP contribution in [0.1, 0.15) is 0 Å². The Morgan fingerprint density at radius 2 is 0.559 bits per heavy atom. The lowest BCUT2D eigenvalue weighted by Crippen LogP contribution is -1.86. The largest absolute Gasteiger partial charge is 0.455 e. The zero-order valence-corrected chi connectivity index (χ0v) is 37.9. The topological polar surface area (TPSA) is 13.1 Å². The van der Waals surface area contributed by atoms with Gasteiger partial charge >= 0.3 is 0 Å². The summed E-state index contributed by atoms with van der Waals surface area (Å²) >= 11 is 1.88. The normalized spacial score (nSPS) is 11.5. The number of rotatable bonds is 8. The fourth-order valence-corrected chi connectivity index (χ4v) is 11.3. The molecule has 0 amide bonds. The van der Waals surface area contributed by atoms with Gasteiger partial charge in [-0.3, -0.25) is 0 Å². The molecule has 0 unspecified atom stereocenters. The molecule has 0 N–H and O–H groups in total. The van der Waals surface area contributed by atoms with Crippen molar-refractivity contribution in [1.29, 1.82) is 0 Å². The summed E-state index contributed by atoms with van der Waals surface area (Å²) in [6.45, 7) is 0. The number of hydrogen-bond acceptors (Lipinski definition) is 2. The van der Waals surface area contributed by atoms with Gasteiger partial charge in [0.25, 0.3) is 0 Å².